The monoisotopic (exact) mass is 349 g/mol. The number of hydrogen-bond donors (Lipinski definition) is 0. The van der Waals surface area contributed by atoms with Crippen LogP contribution in [-0.4, -0.2) is 13.3 Å². The predicted molar refractivity (Wildman–Crippen MR) is 49.6 cm³/mol. The van der Waals surface area contributed by atoms with E-state index in [4.69, 9.17) is 0 Å². The minimum atomic E-state index is 0. The number of rotatable bonds is 1. The summed E-state index contributed by atoms with van der Waals surface area (Å²) in [6, 6.07) is 8.61. The molecule has 2 heteroatoms. The maximum Gasteiger partial charge on any atom is 0 e. The molecule has 1 radical (unpaired) electrons. The Bertz CT molecular complexity index is 221. The smallest absolute Gasteiger partial charge is 0 e. The van der Waals surface area contributed by atoms with E-state index in [1.807, 2.05) is 0 Å². The molecule has 0 fully saturated rings. The van der Waals surface area contributed by atoms with Crippen molar-refractivity contribution in [3.05, 3.63) is 29.8 Å². The Kier molecular flexibility index (Phi) is 5.29. The molecule has 0 bridgehead atoms. The summed E-state index contributed by atoms with van der Waals surface area (Å²) in [7, 11) is 0.0836. The quantitative estimate of drug-likeness (QED) is 0.540. The van der Waals surface area contributed by atoms with Crippen LogP contribution >= 0.6 is 7.92 Å². The Hall–Kier alpha value is 0.390. The zero-order valence-electron chi connectivity index (χ0n) is 7.06. The second kappa shape index (κ2) is 5.11. The minimum absolute atomic E-state index is 0. The molecule has 0 unspecified atom stereocenters. The zero-order chi connectivity index (χ0) is 7.56. The van der Waals surface area contributed by atoms with Gasteiger partial charge in [0.05, 0.1) is 0 Å². The van der Waals surface area contributed by atoms with E-state index in [1.54, 1.807) is 0 Å². The molecule has 0 N–H and O–H groups in total. The molecule has 0 saturated heterocycles. The van der Waals surface area contributed by atoms with E-state index in [9.17, 15) is 0 Å². The van der Waals surface area contributed by atoms with Crippen LogP contribution in [0.1, 0.15) is 5.56 Å². The topological polar surface area (TPSA) is 0 Å². The van der Waals surface area contributed by atoms with Gasteiger partial charge in [-0.15, -0.1) is 0 Å². The van der Waals surface area contributed by atoms with Crippen LogP contribution in [0.4, 0.5) is 0 Å². The molecule has 0 amide bonds. The molecule has 0 nitrogen and oxygen atoms in total. The minimum Gasteiger partial charge on any atom is -0.0814 e. The van der Waals surface area contributed by atoms with Crippen LogP contribution in [0.15, 0.2) is 24.3 Å². The van der Waals surface area contributed by atoms with Crippen molar-refractivity contribution in [1.29, 1.82) is 0 Å². The first-order valence-corrected chi connectivity index (χ1v) is 5.68. The van der Waals surface area contributed by atoms with Crippen LogP contribution in [-0.2, 0) is 22.4 Å². The number of hydrogen-bond acceptors (Lipinski definition) is 0. The van der Waals surface area contributed by atoms with Crippen molar-refractivity contribution in [2.75, 3.05) is 13.3 Å². The van der Waals surface area contributed by atoms with Gasteiger partial charge in [-0.2, -0.15) is 0 Å². The summed E-state index contributed by atoms with van der Waals surface area (Å²) >= 11 is 0. The summed E-state index contributed by atoms with van der Waals surface area (Å²) in [5, 5.41) is 1.53. The maximum atomic E-state index is 2.29. The van der Waals surface area contributed by atoms with Crippen molar-refractivity contribution in [3.8, 4) is 0 Å². The van der Waals surface area contributed by atoms with Gasteiger partial charge in [0, 0.05) is 22.4 Å². The van der Waals surface area contributed by atoms with E-state index < -0.39 is 0 Å². The van der Waals surface area contributed by atoms with Gasteiger partial charge in [-0.1, -0.05) is 32.2 Å². The molecule has 0 aliphatic rings. The van der Waals surface area contributed by atoms with E-state index in [-0.39, 0.29) is 30.3 Å². The Morgan fingerprint density at radius 3 is 2.00 bits per heavy atom. The molecule has 1 aromatic carbocycles. The van der Waals surface area contributed by atoms with Gasteiger partial charge >= 0.3 is 0 Å². The molecule has 1 rings (SSSR count). The number of aryl methyl sites for hydroxylation is 1. The fourth-order valence-electron chi connectivity index (χ4n) is 1.07. The zero-order valence-corrected chi connectivity index (χ0v) is 10.1. The van der Waals surface area contributed by atoms with Crippen molar-refractivity contribution < 1.29 is 22.4 Å². The van der Waals surface area contributed by atoms with E-state index in [0.717, 1.165) is 0 Å². The molecule has 0 heterocycles. The molecule has 11 heavy (non-hydrogen) atoms. The molecule has 1 aromatic rings. The molecule has 0 aromatic heterocycles. The predicted octanol–water partition coefficient (Wildman–Crippen LogP) is 2.36. The van der Waals surface area contributed by atoms with Crippen molar-refractivity contribution in [3.63, 3.8) is 0 Å². The van der Waals surface area contributed by atoms with Gasteiger partial charge in [-0.25, -0.2) is 0 Å². The summed E-state index contributed by atoms with van der Waals surface area (Å²) < 4.78 is 0. The Labute approximate surface area is 85.7 Å². The second-order valence-corrected chi connectivity index (χ2v) is 4.95. The van der Waals surface area contributed by atoms with Gasteiger partial charge in [0.1, 0.15) is 0 Å². The summed E-state index contributed by atoms with van der Waals surface area (Å²) in [6.07, 6.45) is 0. The van der Waals surface area contributed by atoms with Crippen LogP contribution in [0, 0.1) is 6.92 Å². The van der Waals surface area contributed by atoms with Gasteiger partial charge < -0.3 is 0 Å². The fraction of sp³-hybridized carbons (Fsp3) is 0.333. The molecule has 0 spiro atoms. The largest absolute Gasteiger partial charge is 0.0814 e. The third-order valence-corrected chi connectivity index (χ3v) is 3.06. The van der Waals surface area contributed by atoms with Gasteiger partial charge in [0.15, 0.2) is 0 Å². The first kappa shape index (κ1) is 11.4. The van der Waals surface area contributed by atoms with Crippen molar-refractivity contribution in [1.82, 2.24) is 0 Å². The van der Waals surface area contributed by atoms with Crippen molar-refractivity contribution in [2.24, 2.45) is 0 Å². The normalized spacial score (nSPS) is 9.45. The Morgan fingerprint density at radius 1 is 1.09 bits per heavy atom. The average Bonchev–Trinajstić information content (AvgIpc) is 1.88. The van der Waals surface area contributed by atoms with Crippen molar-refractivity contribution >= 4 is 13.2 Å². The Morgan fingerprint density at radius 2 is 1.64 bits per heavy atom. The second-order valence-electron chi connectivity index (χ2n) is 2.68. The standard InChI is InChI=1S/C9H13P.Au/c1-8-6-4-5-7-9(8)10(2)3;/h4-7H,1-3H3;. The van der Waals surface area contributed by atoms with Gasteiger partial charge in [0.25, 0.3) is 0 Å². The Balaban J connectivity index is 0.000001000. The summed E-state index contributed by atoms with van der Waals surface area (Å²) in [6.45, 7) is 6.76. The first-order chi connectivity index (χ1) is 4.72. The van der Waals surface area contributed by atoms with Crippen molar-refractivity contribution in [2.45, 2.75) is 6.92 Å². The molecular weight excluding hydrogens is 336 g/mol. The summed E-state index contributed by atoms with van der Waals surface area (Å²) in [5.41, 5.74) is 1.43. The van der Waals surface area contributed by atoms with Crippen LogP contribution in [0.25, 0.3) is 0 Å². The van der Waals surface area contributed by atoms with Crippen LogP contribution < -0.4 is 5.30 Å². The summed E-state index contributed by atoms with van der Waals surface area (Å²) in [4.78, 5) is 0. The third kappa shape index (κ3) is 3.09. The molecular formula is C9H13AuP. The van der Waals surface area contributed by atoms with Gasteiger partial charge in [0.2, 0.25) is 0 Å². The van der Waals surface area contributed by atoms with E-state index >= 15 is 0 Å². The number of benzene rings is 1. The van der Waals surface area contributed by atoms with Crippen LogP contribution in [0.2, 0.25) is 0 Å². The van der Waals surface area contributed by atoms with E-state index in [0.29, 0.717) is 0 Å². The molecule has 0 saturated carbocycles. The van der Waals surface area contributed by atoms with Gasteiger partial charge in [-0.05, 0) is 31.1 Å². The molecule has 0 aliphatic carbocycles. The molecule has 0 aliphatic heterocycles. The first-order valence-electron chi connectivity index (χ1n) is 3.45. The van der Waals surface area contributed by atoms with Crippen LogP contribution in [0.5, 0.6) is 0 Å². The van der Waals surface area contributed by atoms with Gasteiger partial charge in [-0.3, -0.25) is 0 Å². The third-order valence-electron chi connectivity index (χ3n) is 1.60. The summed E-state index contributed by atoms with van der Waals surface area (Å²) in [5.74, 6) is 0. The average molecular weight is 349 g/mol. The SMILES string of the molecule is Cc1ccccc1P(C)C.[Au]. The van der Waals surface area contributed by atoms with Crippen LogP contribution in [0.3, 0.4) is 0 Å². The maximum absolute atomic E-state index is 2.29. The molecule has 0 atom stereocenters. The van der Waals surface area contributed by atoms with E-state index in [2.05, 4.69) is 44.5 Å². The van der Waals surface area contributed by atoms with E-state index in [1.165, 1.54) is 10.9 Å². The molecule has 65 valence electrons. The fourth-order valence-corrected chi connectivity index (χ4v) is 2.23.